The number of pyridine rings is 1. The average molecular weight is 273 g/mol. The van der Waals surface area contributed by atoms with E-state index in [0.29, 0.717) is 6.54 Å². The third-order valence-electron chi connectivity index (χ3n) is 3.39. The van der Waals surface area contributed by atoms with Gasteiger partial charge in [-0.1, -0.05) is 19.1 Å². The summed E-state index contributed by atoms with van der Waals surface area (Å²) in [5.74, 6) is 1.91. The molecule has 1 aromatic heterocycles. The molecule has 0 bridgehead atoms. The van der Waals surface area contributed by atoms with Gasteiger partial charge in [-0.05, 0) is 31.5 Å². The van der Waals surface area contributed by atoms with Crippen LogP contribution in [0.15, 0.2) is 30.5 Å². The van der Waals surface area contributed by atoms with E-state index in [1.54, 1.807) is 7.11 Å². The molecule has 2 rings (SSSR count). The Hall–Kier alpha value is -1.81. The molecule has 0 aliphatic carbocycles. The van der Waals surface area contributed by atoms with Crippen LogP contribution in [0.3, 0.4) is 0 Å². The molecule has 0 unspecified atom stereocenters. The van der Waals surface area contributed by atoms with E-state index in [1.165, 1.54) is 0 Å². The summed E-state index contributed by atoms with van der Waals surface area (Å²) < 4.78 is 5.44. The van der Waals surface area contributed by atoms with E-state index in [9.17, 15) is 0 Å². The maximum atomic E-state index is 5.64. The number of methoxy groups -OCH3 is 1. The molecule has 0 saturated carbocycles. The Kier molecular flexibility index (Phi) is 5.18. The molecule has 0 aliphatic heterocycles. The highest BCUT2D eigenvalue weighted by Crippen LogP contribution is 2.31. The highest BCUT2D eigenvalue weighted by atomic mass is 16.5. The number of nitrogens with zero attached hydrogens (tertiary/aromatic N) is 2. The first-order chi connectivity index (χ1) is 9.81. The van der Waals surface area contributed by atoms with Crippen LogP contribution in [-0.2, 0) is 0 Å². The maximum Gasteiger partial charge on any atom is 0.136 e. The molecule has 4 heteroatoms. The summed E-state index contributed by atoms with van der Waals surface area (Å²) in [6.07, 6.45) is 3.92. The van der Waals surface area contributed by atoms with Crippen molar-refractivity contribution in [2.24, 2.45) is 5.73 Å². The summed E-state index contributed by atoms with van der Waals surface area (Å²) in [7, 11) is 1.70. The number of benzene rings is 1. The van der Waals surface area contributed by atoms with Crippen molar-refractivity contribution in [1.82, 2.24) is 4.98 Å². The van der Waals surface area contributed by atoms with Crippen molar-refractivity contribution in [2.45, 2.75) is 19.8 Å². The van der Waals surface area contributed by atoms with Crippen molar-refractivity contribution in [3.05, 3.63) is 30.5 Å². The number of hydrogen-bond acceptors (Lipinski definition) is 4. The average Bonchev–Trinajstić information content (AvgIpc) is 2.50. The summed E-state index contributed by atoms with van der Waals surface area (Å²) in [5, 5.41) is 2.24. The van der Waals surface area contributed by atoms with E-state index in [2.05, 4.69) is 22.9 Å². The van der Waals surface area contributed by atoms with Gasteiger partial charge in [0.2, 0.25) is 0 Å². The molecule has 1 aromatic carbocycles. The topological polar surface area (TPSA) is 51.4 Å². The summed E-state index contributed by atoms with van der Waals surface area (Å²) in [6, 6.07) is 8.10. The second-order valence-electron chi connectivity index (χ2n) is 4.82. The number of rotatable bonds is 7. The zero-order valence-corrected chi connectivity index (χ0v) is 12.3. The first-order valence-corrected chi connectivity index (χ1v) is 7.18. The van der Waals surface area contributed by atoms with Crippen LogP contribution in [0.5, 0.6) is 5.75 Å². The second-order valence-corrected chi connectivity index (χ2v) is 4.82. The number of aromatic nitrogens is 1. The van der Waals surface area contributed by atoms with Crippen molar-refractivity contribution < 1.29 is 4.74 Å². The van der Waals surface area contributed by atoms with Crippen LogP contribution in [0.1, 0.15) is 19.8 Å². The quantitative estimate of drug-likeness (QED) is 0.843. The van der Waals surface area contributed by atoms with Gasteiger partial charge in [-0.2, -0.15) is 0 Å². The lowest BCUT2D eigenvalue weighted by molar-refractivity contribution is 0.420. The standard InChI is InChI=1S/C16H23N3O/c1-3-11-19(12-5-9-17)16-14-6-4-7-15(20-2)13(14)8-10-18-16/h4,6-8,10H,3,5,9,11-12,17H2,1-2H3. The van der Waals surface area contributed by atoms with Gasteiger partial charge in [0.25, 0.3) is 0 Å². The van der Waals surface area contributed by atoms with Gasteiger partial charge in [0.05, 0.1) is 7.11 Å². The van der Waals surface area contributed by atoms with Crippen molar-refractivity contribution in [2.75, 3.05) is 31.6 Å². The molecule has 0 saturated heterocycles. The fourth-order valence-electron chi connectivity index (χ4n) is 2.47. The fraction of sp³-hybridized carbons (Fsp3) is 0.438. The lowest BCUT2D eigenvalue weighted by atomic mass is 10.1. The lowest BCUT2D eigenvalue weighted by Gasteiger charge is -2.24. The number of ether oxygens (including phenoxy) is 1. The molecule has 1 heterocycles. The van der Waals surface area contributed by atoms with Gasteiger partial charge in [0, 0.05) is 30.1 Å². The molecule has 2 N–H and O–H groups in total. The zero-order chi connectivity index (χ0) is 14.4. The van der Waals surface area contributed by atoms with Gasteiger partial charge >= 0.3 is 0 Å². The van der Waals surface area contributed by atoms with Crippen molar-refractivity contribution in [3.8, 4) is 5.75 Å². The Bertz CT molecular complexity index is 556. The summed E-state index contributed by atoms with van der Waals surface area (Å²) in [4.78, 5) is 6.90. The van der Waals surface area contributed by atoms with Crippen LogP contribution >= 0.6 is 0 Å². The van der Waals surface area contributed by atoms with Crippen LogP contribution in [0.2, 0.25) is 0 Å². The SMILES string of the molecule is CCCN(CCCN)c1nccc2c(OC)cccc12. The number of hydrogen-bond donors (Lipinski definition) is 1. The van der Waals surface area contributed by atoms with E-state index in [1.807, 2.05) is 24.4 Å². The molecule has 0 aliphatic rings. The summed E-state index contributed by atoms with van der Waals surface area (Å²) in [5.41, 5.74) is 5.64. The van der Waals surface area contributed by atoms with Crippen LogP contribution in [0.4, 0.5) is 5.82 Å². The third kappa shape index (κ3) is 3.02. The highest BCUT2D eigenvalue weighted by molar-refractivity contribution is 5.96. The molecule has 0 amide bonds. The number of fused-ring (bicyclic) bond motifs is 1. The largest absolute Gasteiger partial charge is 0.496 e. The molecule has 0 atom stereocenters. The Morgan fingerprint density at radius 2 is 2.05 bits per heavy atom. The molecule has 20 heavy (non-hydrogen) atoms. The van der Waals surface area contributed by atoms with Gasteiger partial charge in [0.1, 0.15) is 11.6 Å². The van der Waals surface area contributed by atoms with E-state index >= 15 is 0 Å². The molecular weight excluding hydrogens is 250 g/mol. The first kappa shape index (κ1) is 14.6. The maximum absolute atomic E-state index is 5.64. The van der Waals surface area contributed by atoms with Crippen molar-refractivity contribution in [1.29, 1.82) is 0 Å². The van der Waals surface area contributed by atoms with Gasteiger partial charge in [-0.25, -0.2) is 4.98 Å². The van der Waals surface area contributed by atoms with Crippen LogP contribution in [-0.4, -0.2) is 31.7 Å². The minimum Gasteiger partial charge on any atom is -0.496 e. The first-order valence-electron chi connectivity index (χ1n) is 7.18. The molecule has 0 fully saturated rings. The number of nitrogens with two attached hydrogens (primary N) is 1. The monoisotopic (exact) mass is 273 g/mol. The predicted molar refractivity (Wildman–Crippen MR) is 84.5 cm³/mol. The third-order valence-corrected chi connectivity index (χ3v) is 3.39. The molecule has 0 radical (unpaired) electrons. The summed E-state index contributed by atoms with van der Waals surface area (Å²) >= 11 is 0. The Labute approximate surface area is 120 Å². The van der Waals surface area contributed by atoms with E-state index in [-0.39, 0.29) is 0 Å². The Morgan fingerprint density at radius 1 is 1.20 bits per heavy atom. The highest BCUT2D eigenvalue weighted by Gasteiger charge is 2.12. The van der Waals surface area contributed by atoms with E-state index < -0.39 is 0 Å². The normalized spacial score (nSPS) is 10.8. The molecule has 4 nitrogen and oxygen atoms in total. The smallest absolute Gasteiger partial charge is 0.136 e. The van der Waals surface area contributed by atoms with Gasteiger partial charge in [-0.3, -0.25) is 0 Å². The van der Waals surface area contributed by atoms with E-state index in [0.717, 1.165) is 48.3 Å². The lowest BCUT2D eigenvalue weighted by Crippen LogP contribution is -2.27. The fourth-order valence-corrected chi connectivity index (χ4v) is 2.47. The minimum atomic E-state index is 0.703. The summed E-state index contributed by atoms with van der Waals surface area (Å²) in [6.45, 7) is 4.81. The van der Waals surface area contributed by atoms with Gasteiger partial charge in [0.15, 0.2) is 0 Å². The zero-order valence-electron chi connectivity index (χ0n) is 12.3. The Balaban J connectivity index is 2.46. The molecule has 2 aromatic rings. The van der Waals surface area contributed by atoms with Gasteiger partial charge in [-0.15, -0.1) is 0 Å². The van der Waals surface area contributed by atoms with Gasteiger partial charge < -0.3 is 15.4 Å². The predicted octanol–water partition coefficient (Wildman–Crippen LogP) is 2.81. The Morgan fingerprint density at radius 3 is 2.75 bits per heavy atom. The number of anilines is 1. The van der Waals surface area contributed by atoms with Crippen LogP contribution in [0, 0.1) is 0 Å². The molecule has 0 spiro atoms. The van der Waals surface area contributed by atoms with Crippen LogP contribution in [0.25, 0.3) is 10.8 Å². The second kappa shape index (κ2) is 7.10. The van der Waals surface area contributed by atoms with E-state index in [4.69, 9.17) is 10.5 Å². The molecular formula is C16H23N3O. The minimum absolute atomic E-state index is 0.703. The van der Waals surface area contributed by atoms with Crippen molar-refractivity contribution >= 4 is 16.6 Å². The molecule has 108 valence electrons. The van der Waals surface area contributed by atoms with Crippen LogP contribution < -0.4 is 15.4 Å². The van der Waals surface area contributed by atoms with Crippen molar-refractivity contribution in [3.63, 3.8) is 0 Å².